The molecule has 2 heterocycles. The number of carbonyl (C=O) groups excluding carboxylic acids is 2. The van der Waals surface area contributed by atoms with Crippen LogP contribution >= 0.6 is 11.6 Å². The van der Waals surface area contributed by atoms with Crippen LogP contribution in [0.15, 0.2) is 59.5 Å². The van der Waals surface area contributed by atoms with Gasteiger partial charge in [-0.25, -0.2) is 0 Å². The predicted molar refractivity (Wildman–Crippen MR) is 147 cm³/mol. The number of halogens is 4. The molecule has 0 unspecified atom stereocenters. The van der Waals surface area contributed by atoms with E-state index in [2.05, 4.69) is 10.4 Å². The fourth-order valence-corrected chi connectivity index (χ4v) is 6.31. The molecule has 0 atom stereocenters. The Kier molecular flexibility index (Phi) is 7.20. The minimum absolute atomic E-state index is 0.0314. The van der Waals surface area contributed by atoms with E-state index in [0.29, 0.717) is 28.0 Å². The summed E-state index contributed by atoms with van der Waals surface area (Å²) < 4.78 is 65.2. The van der Waals surface area contributed by atoms with Crippen LogP contribution in [-0.2, 0) is 21.4 Å². The van der Waals surface area contributed by atoms with Gasteiger partial charge in [-0.05, 0) is 49.7 Å². The first-order valence-electron chi connectivity index (χ1n) is 12.3. The monoisotopic (exact) mass is 605 g/mol. The lowest BCUT2D eigenvalue weighted by Crippen LogP contribution is -2.41. The maximum absolute atomic E-state index is 13.5. The highest BCUT2D eigenvalue weighted by molar-refractivity contribution is 7.90. The molecule has 0 fully saturated rings. The maximum atomic E-state index is 13.5. The van der Waals surface area contributed by atoms with Crippen molar-refractivity contribution in [1.29, 1.82) is 0 Å². The highest BCUT2D eigenvalue weighted by atomic mass is 35.5. The molecular formula is C27H23ClF3N5O4S. The summed E-state index contributed by atoms with van der Waals surface area (Å²) in [5, 5.41) is 9.80. The number of carbonyl (C=O) groups is 2. The first-order chi connectivity index (χ1) is 19.2. The summed E-state index contributed by atoms with van der Waals surface area (Å²) >= 11 is 6.56. The van der Waals surface area contributed by atoms with E-state index >= 15 is 0 Å². The Hall–Kier alpha value is -4.10. The van der Waals surface area contributed by atoms with Crippen molar-refractivity contribution in [2.24, 2.45) is 0 Å². The van der Waals surface area contributed by atoms with Crippen LogP contribution in [0.4, 0.5) is 24.5 Å². The van der Waals surface area contributed by atoms with Gasteiger partial charge in [0.1, 0.15) is 13.1 Å². The van der Waals surface area contributed by atoms with Crippen molar-refractivity contribution in [1.82, 2.24) is 19.4 Å². The molecule has 0 bridgehead atoms. The summed E-state index contributed by atoms with van der Waals surface area (Å²) in [6.07, 6.45) is -4.57. The van der Waals surface area contributed by atoms with E-state index in [1.807, 2.05) is 6.92 Å². The predicted octanol–water partition coefficient (Wildman–Crippen LogP) is 4.92. The Morgan fingerprint density at radius 3 is 2.49 bits per heavy atom. The number of rotatable bonds is 7. The van der Waals surface area contributed by atoms with Crippen LogP contribution in [0.2, 0.25) is 5.02 Å². The molecule has 0 spiro atoms. The number of hydrogen-bond donors (Lipinski definition) is 2. The van der Waals surface area contributed by atoms with Crippen LogP contribution in [0.3, 0.4) is 0 Å². The van der Waals surface area contributed by atoms with Crippen LogP contribution in [0.5, 0.6) is 0 Å². The molecule has 2 amide bonds. The Morgan fingerprint density at radius 1 is 1.10 bits per heavy atom. The summed E-state index contributed by atoms with van der Waals surface area (Å²) in [6, 6.07) is 14.4. The summed E-state index contributed by atoms with van der Waals surface area (Å²) in [6.45, 7) is 1.48. The molecule has 5 rings (SSSR count). The normalized spacial score (nSPS) is 13.5. The highest BCUT2D eigenvalue weighted by Crippen LogP contribution is 2.36. The van der Waals surface area contributed by atoms with Crippen LogP contribution in [-0.4, -0.2) is 53.6 Å². The van der Waals surface area contributed by atoms with Crippen LogP contribution in [0.1, 0.15) is 27.2 Å². The molecule has 0 radical (unpaired) electrons. The van der Waals surface area contributed by atoms with E-state index in [1.54, 1.807) is 54.7 Å². The van der Waals surface area contributed by atoms with Gasteiger partial charge in [0.15, 0.2) is 0 Å². The highest BCUT2D eigenvalue weighted by Gasteiger charge is 2.33. The van der Waals surface area contributed by atoms with Crippen molar-refractivity contribution in [2.75, 3.05) is 18.4 Å². The average Bonchev–Trinajstić information content (AvgIpc) is 3.40. The standard InChI is InChI=1S/C27H23ClF3N5O4S/c1-15-6-8-19(9-7-15)41(39,40)36-22-11-18(10-20(28)24(22)16(2)34-36)33-21-5-3-4-17-12-35(26(38)25(17)21)13-23(37)32-14-27(29,30)31/h3-11,33H,12-14H2,1-2H3,(H,32,37). The molecule has 0 aliphatic carbocycles. The van der Waals surface area contributed by atoms with E-state index in [-0.39, 0.29) is 27.5 Å². The van der Waals surface area contributed by atoms with Crippen LogP contribution in [0.25, 0.3) is 10.9 Å². The van der Waals surface area contributed by atoms with Gasteiger partial charge in [-0.15, -0.1) is 0 Å². The van der Waals surface area contributed by atoms with Gasteiger partial charge in [-0.2, -0.15) is 30.8 Å². The summed E-state index contributed by atoms with van der Waals surface area (Å²) in [4.78, 5) is 26.4. The topological polar surface area (TPSA) is 113 Å². The second-order valence-corrected chi connectivity index (χ2v) is 11.8. The van der Waals surface area contributed by atoms with Crippen molar-refractivity contribution in [3.63, 3.8) is 0 Å². The molecule has 1 aliphatic heterocycles. The van der Waals surface area contributed by atoms with Gasteiger partial charge in [0.05, 0.1) is 32.4 Å². The first kappa shape index (κ1) is 28.4. The largest absolute Gasteiger partial charge is 0.405 e. The zero-order chi connectivity index (χ0) is 29.7. The molecular weight excluding hydrogens is 583 g/mol. The molecule has 9 nitrogen and oxygen atoms in total. The van der Waals surface area contributed by atoms with Crippen molar-refractivity contribution in [2.45, 2.75) is 31.5 Å². The van der Waals surface area contributed by atoms with Crippen LogP contribution in [0, 0.1) is 13.8 Å². The van der Waals surface area contributed by atoms with E-state index in [4.69, 9.17) is 11.6 Å². The molecule has 0 saturated heterocycles. The summed E-state index contributed by atoms with van der Waals surface area (Å²) in [7, 11) is -4.07. The van der Waals surface area contributed by atoms with E-state index in [9.17, 15) is 31.2 Å². The van der Waals surface area contributed by atoms with Crippen molar-refractivity contribution < 1.29 is 31.2 Å². The van der Waals surface area contributed by atoms with Gasteiger partial charge in [0.25, 0.3) is 15.9 Å². The number of benzene rings is 3. The second kappa shape index (κ2) is 10.4. The van der Waals surface area contributed by atoms with Gasteiger partial charge in [-0.3, -0.25) is 9.59 Å². The number of fused-ring (bicyclic) bond motifs is 2. The zero-order valence-electron chi connectivity index (χ0n) is 21.7. The van der Waals surface area contributed by atoms with Gasteiger partial charge in [0.2, 0.25) is 5.91 Å². The van der Waals surface area contributed by atoms with E-state index in [1.165, 1.54) is 12.1 Å². The fraction of sp³-hybridized carbons (Fsp3) is 0.222. The lowest BCUT2D eigenvalue weighted by atomic mass is 10.1. The number of anilines is 2. The molecule has 4 aromatic rings. The molecule has 2 N–H and O–H groups in total. The van der Waals surface area contributed by atoms with Gasteiger partial charge >= 0.3 is 6.18 Å². The molecule has 214 valence electrons. The smallest absolute Gasteiger partial charge is 0.355 e. The lowest BCUT2D eigenvalue weighted by molar-refractivity contribution is -0.138. The van der Waals surface area contributed by atoms with Crippen molar-refractivity contribution >= 4 is 55.7 Å². The zero-order valence-corrected chi connectivity index (χ0v) is 23.3. The van der Waals surface area contributed by atoms with E-state index < -0.39 is 41.1 Å². The summed E-state index contributed by atoms with van der Waals surface area (Å²) in [5.41, 5.74) is 3.05. The third-order valence-electron chi connectivity index (χ3n) is 6.54. The number of aromatic nitrogens is 2. The lowest BCUT2D eigenvalue weighted by Gasteiger charge is -2.16. The minimum atomic E-state index is -4.57. The van der Waals surface area contributed by atoms with Gasteiger partial charge in [0, 0.05) is 17.6 Å². The van der Waals surface area contributed by atoms with E-state index in [0.717, 1.165) is 14.6 Å². The Morgan fingerprint density at radius 2 is 1.80 bits per heavy atom. The quantitative estimate of drug-likeness (QED) is 0.309. The first-order valence-corrected chi connectivity index (χ1v) is 14.1. The number of nitrogens with one attached hydrogen (secondary N) is 2. The van der Waals surface area contributed by atoms with Crippen molar-refractivity contribution in [3.8, 4) is 0 Å². The maximum Gasteiger partial charge on any atom is 0.405 e. The number of aryl methyl sites for hydroxylation is 2. The summed E-state index contributed by atoms with van der Waals surface area (Å²) in [5.74, 6) is -1.48. The number of amides is 2. The Labute approximate surface area is 237 Å². The Balaban J connectivity index is 1.46. The van der Waals surface area contributed by atoms with Crippen molar-refractivity contribution in [3.05, 3.63) is 82.0 Å². The number of hydrogen-bond acceptors (Lipinski definition) is 6. The minimum Gasteiger partial charge on any atom is -0.355 e. The fourth-order valence-electron chi connectivity index (χ4n) is 4.64. The average molecular weight is 606 g/mol. The molecule has 41 heavy (non-hydrogen) atoms. The van der Waals surface area contributed by atoms with Gasteiger partial charge in [-0.1, -0.05) is 41.4 Å². The number of alkyl halides is 3. The molecule has 14 heteroatoms. The Bertz CT molecular complexity index is 1800. The molecule has 3 aromatic carbocycles. The van der Waals surface area contributed by atoms with Gasteiger partial charge < -0.3 is 15.5 Å². The third kappa shape index (κ3) is 5.59. The second-order valence-electron chi connectivity index (χ2n) is 9.62. The number of nitrogens with zero attached hydrogens (tertiary/aromatic N) is 3. The third-order valence-corrected chi connectivity index (χ3v) is 8.44. The molecule has 1 aromatic heterocycles. The molecule has 0 saturated carbocycles. The SMILES string of the molecule is Cc1ccc(S(=O)(=O)n2nc(C)c3c(Cl)cc(Nc4cccc5c4C(=O)N(CC(=O)NCC(F)(F)F)C5)cc32)cc1. The molecule has 1 aliphatic rings. The van der Waals surface area contributed by atoms with Crippen LogP contribution < -0.4 is 10.6 Å².